The number of para-hydroxylation sites is 1. The van der Waals surface area contributed by atoms with E-state index in [1.54, 1.807) is 4.68 Å². The lowest BCUT2D eigenvalue weighted by atomic mass is 9.94. The summed E-state index contributed by atoms with van der Waals surface area (Å²) in [5.74, 6) is 0.827. The van der Waals surface area contributed by atoms with Crippen molar-refractivity contribution in [2.24, 2.45) is 0 Å². The van der Waals surface area contributed by atoms with Crippen LogP contribution in [-0.4, -0.2) is 26.1 Å². The number of aryl methyl sites for hydroxylation is 1. The average Bonchev–Trinajstić information content (AvgIpc) is 3.32. The number of benzene rings is 3. The van der Waals surface area contributed by atoms with Gasteiger partial charge in [-0.25, -0.2) is 0 Å². The van der Waals surface area contributed by atoms with E-state index in [0.29, 0.717) is 40.3 Å². The van der Waals surface area contributed by atoms with Gasteiger partial charge in [-0.05, 0) is 60.2 Å². The highest BCUT2D eigenvalue weighted by molar-refractivity contribution is 6.30. The van der Waals surface area contributed by atoms with Gasteiger partial charge in [-0.15, -0.1) is 0 Å². The Labute approximate surface area is 207 Å². The first-order valence-electron chi connectivity index (χ1n) is 11.1. The van der Waals surface area contributed by atoms with Crippen molar-refractivity contribution in [3.63, 3.8) is 0 Å². The van der Waals surface area contributed by atoms with Crippen LogP contribution < -0.4 is 15.4 Å². The Kier molecular flexibility index (Phi) is 6.20. The van der Waals surface area contributed by atoms with Crippen LogP contribution >= 0.6 is 11.6 Å². The lowest BCUT2D eigenvalue weighted by Gasteiger charge is -2.29. The zero-order valence-corrected chi connectivity index (χ0v) is 20.0. The smallest absolute Gasteiger partial charge is 0.255 e. The maximum Gasteiger partial charge on any atom is 0.255 e. The number of fused-ring (bicyclic) bond motifs is 1. The minimum Gasteiger partial charge on any atom is -0.489 e. The normalized spacial score (nSPS) is 14.8. The van der Waals surface area contributed by atoms with Crippen molar-refractivity contribution in [3.8, 4) is 5.75 Å². The number of aromatic nitrogens is 4. The molecule has 176 valence electrons. The molecule has 0 fully saturated rings. The topological polar surface area (TPSA) is 94.0 Å². The number of hydrogen-bond acceptors (Lipinski definition) is 6. The standard InChI is InChI=1S/C26H23ClN6O2/c1-16-7-13-20(14-8-16)29-25(34)23-17(2)28-26-30-31-32-33(26)24(23)21-5-3-4-6-22(21)35-15-18-9-11-19(27)12-10-18/h3-14,24H,15H2,1-2H3,(H,29,34)(H,28,30,32). The molecule has 0 saturated heterocycles. The third-order valence-corrected chi connectivity index (χ3v) is 6.04. The van der Waals surface area contributed by atoms with Gasteiger partial charge in [-0.1, -0.05) is 64.7 Å². The van der Waals surface area contributed by atoms with Crippen molar-refractivity contribution in [1.29, 1.82) is 0 Å². The molecular weight excluding hydrogens is 464 g/mol. The molecule has 5 rings (SSSR count). The molecule has 0 spiro atoms. The summed E-state index contributed by atoms with van der Waals surface area (Å²) in [6, 6.07) is 22.1. The molecule has 2 N–H and O–H groups in total. The summed E-state index contributed by atoms with van der Waals surface area (Å²) >= 11 is 6.01. The molecule has 1 atom stereocenters. The second kappa shape index (κ2) is 9.60. The van der Waals surface area contributed by atoms with Gasteiger partial charge in [-0.2, -0.15) is 4.68 Å². The largest absolute Gasteiger partial charge is 0.489 e. The minimum atomic E-state index is -0.590. The van der Waals surface area contributed by atoms with Gasteiger partial charge in [0.05, 0.1) is 5.57 Å². The molecule has 0 radical (unpaired) electrons. The SMILES string of the molecule is CC1=C(C(=O)Nc2ccc(C)cc2)C(c2ccccc2OCc2ccc(Cl)cc2)n2nnnc2N1. The lowest BCUT2D eigenvalue weighted by molar-refractivity contribution is -0.113. The van der Waals surface area contributed by atoms with Crippen LogP contribution in [-0.2, 0) is 11.4 Å². The quantitative estimate of drug-likeness (QED) is 0.392. The number of anilines is 2. The summed E-state index contributed by atoms with van der Waals surface area (Å²) in [4.78, 5) is 13.6. The first kappa shape index (κ1) is 22.6. The van der Waals surface area contributed by atoms with E-state index < -0.39 is 6.04 Å². The summed E-state index contributed by atoms with van der Waals surface area (Å²) < 4.78 is 7.80. The number of amides is 1. The first-order valence-corrected chi connectivity index (χ1v) is 11.5. The van der Waals surface area contributed by atoms with E-state index in [1.807, 2.05) is 86.6 Å². The summed E-state index contributed by atoms with van der Waals surface area (Å²) in [5, 5.41) is 18.9. The summed E-state index contributed by atoms with van der Waals surface area (Å²) in [6.45, 7) is 4.18. The Morgan fingerprint density at radius 2 is 1.80 bits per heavy atom. The van der Waals surface area contributed by atoms with Crippen molar-refractivity contribution in [3.05, 3.63) is 106 Å². The Hall–Kier alpha value is -4.17. The van der Waals surface area contributed by atoms with E-state index >= 15 is 0 Å². The molecule has 8 nitrogen and oxygen atoms in total. The van der Waals surface area contributed by atoms with Gasteiger partial charge in [0.25, 0.3) is 5.91 Å². The number of tetrazole rings is 1. The van der Waals surface area contributed by atoms with Crippen LogP contribution in [0.5, 0.6) is 5.75 Å². The molecule has 0 aliphatic carbocycles. The van der Waals surface area contributed by atoms with Gasteiger partial charge in [0.1, 0.15) is 18.4 Å². The predicted octanol–water partition coefficient (Wildman–Crippen LogP) is 5.14. The molecule has 1 aliphatic heterocycles. The monoisotopic (exact) mass is 486 g/mol. The fourth-order valence-electron chi connectivity index (χ4n) is 4.01. The van der Waals surface area contributed by atoms with Crippen LogP contribution in [0.15, 0.2) is 84.1 Å². The molecule has 35 heavy (non-hydrogen) atoms. The van der Waals surface area contributed by atoms with Gasteiger partial charge in [0.2, 0.25) is 5.95 Å². The van der Waals surface area contributed by atoms with Crippen LogP contribution in [0.1, 0.15) is 29.7 Å². The van der Waals surface area contributed by atoms with Crippen molar-refractivity contribution < 1.29 is 9.53 Å². The third kappa shape index (κ3) is 4.74. The van der Waals surface area contributed by atoms with Crippen molar-refractivity contribution >= 4 is 29.1 Å². The molecule has 3 aromatic carbocycles. The van der Waals surface area contributed by atoms with Gasteiger partial charge in [-0.3, -0.25) is 4.79 Å². The third-order valence-electron chi connectivity index (χ3n) is 5.79. The van der Waals surface area contributed by atoms with Crippen LogP contribution in [0.2, 0.25) is 5.02 Å². The average molecular weight is 487 g/mol. The van der Waals surface area contributed by atoms with Crippen LogP contribution in [0.3, 0.4) is 0 Å². The Balaban J connectivity index is 1.50. The van der Waals surface area contributed by atoms with E-state index in [1.165, 1.54) is 0 Å². The second-order valence-electron chi connectivity index (χ2n) is 8.29. The molecule has 2 heterocycles. The highest BCUT2D eigenvalue weighted by Crippen LogP contribution is 2.39. The number of allylic oxidation sites excluding steroid dienone is 1. The van der Waals surface area contributed by atoms with Crippen LogP contribution in [0.4, 0.5) is 11.6 Å². The zero-order chi connectivity index (χ0) is 24.4. The summed E-state index contributed by atoms with van der Waals surface area (Å²) in [6.07, 6.45) is 0. The molecule has 1 aliphatic rings. The number of ether oxygens (including phenoxy) is 1. The highest BCUT2D eigenvalue weighted by Gasteiger charge is 2.35. The second-order valence-corrected chi connectivity index (χ2v) is 8.72. The maximum atomic E-state index is 13.6. The van der Waals surface area contributed by atoms with Crippen molar-refractivity contribution in [1.82, 2.24) is 20.2 Å². The molecule has 1 unspecified atom stereocenters. The number of halogens is 1. The number of nitrogens with one attached hydrogen (secondary N) is 2. The maximum absolute atomic E-state index is 13.6. The van der Waals surface area contributed by atoms with Gasteiger partial charge >= 0.3 is 0 Å². The van der Waals surface area contributed by atoms with Crippen molar-refractivity contribution in [2.75, 3.05) is 10.6 Å². The van der Waals surface area contributed by atoms with Gasteiger partial charge < -0.3 is 15.4 Å². The first-order chi connectivity index (χ1) is 17.0. The number of hydrogen-bond donors (Lipinski definition) is 2. The Morgan fingerprint density at radius 1 is 1.06 bits per heavy atom. The molecule has 4 aromatic rings. The molecule has 0 saturated carbocycles. The van der Waals surface area contributed by atoms with E-state index in [9.17, 15) is 4.79 Å². The Bertz CT molecular complexity index is 1400. The van der Waals surface area contributed by atoms with Crippen LogP contribution in [0.25, 0.3) is 0 Å². The highest BCUT2D eigenvalue weighted by atomic mass is 35.5. The number of nitrogens with zero attached hydrogens (tertiary/aromatic N) is 4. The number of carbonyl (C=O) groups is 1. The molecule has 0 bridgehead atoms. The minimum absolute atomic E-state index is 0.252. The summed E-state index contributed by atoms with van der Waals surface area (Å²) in [7, 11) is 0. The van der Waals surface area contributed by atoms with E-state index in [4.69, 9.17) is 16.3 Å². The van der Waals surface area contributed by atoms with E-state index in [-0.39, 0.29) is 5.91 Å². The van der Waals surface area contributed by atoms with Crippen LogP contribution in [0, 0.1) is 6.92 Å². The molecular formula is C26H23ClN6O2. The fraction of sp³-hybridized carbons (Fsp3) is 0.154. The van der Waals surface area contributed by atoms with Gasteiger partial charge in [0.15, 0.2) is 0 Å². The lowest BCUT2D eigenvalue weighted by Crippen LogP contribution is -2.31. The van der Waals surface area contributed by atoms with E-state index in [2.05, 4.69) is 26.2 Å². The Morgan fingerprint density at radius 3 is 2.57 bits per heavy atom. The van der Waals surface area contributed by atoms with E-state index in [0.717, 1.165) is 16.7 Å². The summed E-state index contributed by atoms with van der Waals surface area (Å²) in [5.41, 5.74) is 4.71. The van der Waals surface area contributed by atoms with Gasteiger partial charge in [0, 0.05) is 22.0 Å². The zero-order valence-electron chi connectivity index (χ0n) is 19.2. The molecule has 1 amide bonds. The number of rotatable bonds is 6. The molecule has 9 heteroatoms. The molecule has 1 aromatic heterocycles. The number of carbonyl (C=O) groups excluding carboxylic acids is 1. The fourth-order valence-corrected chi connectivity index (χ4v) is 4.13. The van der Waals surface area contributed by atoms with Crippen molar-refractivity contribution in [2.45, 2.75) is 26.5 Å². The predicted molar refractivity (Wildman–Crippen MR) is 134 cm³/mol.